The highest BCUT2D eigenvalue weighted by Gasteiger charge is 2.38. The van der Waals surface area contributed by atoms with Crippen LogP contribution in [-0.2, 0) is 6.18 Å². The quantitative estimate of drug-likeness (QED) is 0.510. The summed E-state index contributed by atoms with van der Waals surface area (Å²) in [5.41, 5.74) is -0.623. The summed E-state index contributed by atoms with van der Waals surface area (Å²) in [6.07, 6.45) is -4.48. The molecule has 3 rings (SSSR count). The highest BCUT2D eigenvalue weighted by Crippen LogP contribution is 2.33. The summed E-state index contributed by atoms with van der Waals surface area (Å²) < 4.78 is 44.8. The molecule has 0 aliphatic carbocycles. The summed E-state index contributed by atoms with van der Waals surface area (Å²) in [6, 6.07) is 3.45. The number of halogens is 5. The first-order valence-corrected chi connectivity index (χ1v) is 11.6. The van der Waals surface area contributed by atoms with E-state index in [4.69, 9.17) is 27.9 Å². The van der Waals surface area contributed by atoms with Gasteiger partial charge in [-0.1, -0.05) is 34.5 Å². The molecular weight excluding hydrogens is 506 g/mol. The van der Waals surface area contributed by atoms with Gasteiger partial charge in [-0.15, -0.1) is 0 Å². The standard InChI is InChI=1S/C20H22Cl2F3N3O4S/c1-10-14(3-2-13(21)15(10)22)32-12-4-6-28(7-5-12)9-11(29)8-26-18(30)16-17(20(23,24)25)27-19(31)33-16/h2-3,11-12,29H,4-9H2,1H3,(H,26,30)(H,27,31)/t11-/m1/s1. The van der Waals surface area contributed by atoms with Crippen molar-refractivity contribution in [2.75, 3.05) is 26.2 Å². The van der Waals surface area contributed by atoms with Gasteiger partial charge in [0.2, 0.25) is 0 Å². The van der Waals surface area contributed by atoms with Crippen molar-refractivity contribution in [3.05, 3.63) is 48.0 Å². The van der Waals surface area contributed by atoms with Crippen molar-refractivity contribution in [2.45, 2.75) is 38.1 Å². The van der Waals surface area contributed by atoms with E-state index in [0.29, 0.717) is 41.7 Å². The van der Waals surface area contributed by atoms with Gasteiger partial charge in [0.15, 0.2) is 0 Å². The molecular formula is C20H22Cl2F3N3O4S. The number of rotatable bonds is 7. The number of amides is 1. The molecule has 2 heterocycles. The number of aromatic nitrogens is 1. The predicted octanol–water partition coefficient (Wildman–Crippen LogP) is 3.70. The van der Waals surface area contributed by atoms with Crippen molar-refractivity contribution in [3.8, 4) is 5.75 Å². The molecule has 182 valence electrons. The molecule has 0 saturated carbocycles. The van der Waals surface area contributed by atoms with E-state index in [1.54, 1.807) is 17.1 Å². The SMILES string of the molecule is Cc1c(OC2CCN(C[C@H](O)CNC(=O)c3sc(=O)[nH]c3C(F)(F)F)CC2)ccc(Cl)c1Cl. The normalized spacial score (nSPS) is 16.6. The largest absolute Gasteiger partial charge is 0.490 e. The zero-order valence-corrected chi connectivity index (χ0v) is 19.8. The predicted molar refractivity (Wildman–Crippen MR) is 120 cm³/mol. The van der Waals surface area contributed by atoms with Crippen LogP contribution < -0.4 is 14.9 Å². The molecule has 0 unspecified atom stereocenters. The number of hydrogen-bond acceptors (Lipinski definition) is 6. The van der Waals surface area contributed by atoms with Crippen LogP contribution in [0.2, 0.25) is 10.0 Å². The van der Waals surface area contributed by atoms with Gasteiger partial charge in [-0.25, -0.2) is 0 Å². The van der Waals surface area contributed by atoms with Crippen LogP contribution in [0.5, 0.6) is 5.75 Å². The van der Waals surface area contributed by atoms with Crippen LogP contribution in [0.1, 0.15) is 33.8 Å². The number of ether oxygens (including phenoxy) is 1. The number of carbonyl (C=O) groups is 1. The molecule has 7 nitrogen and oxygen atoms in total. The van der Waals surface area contributed by atoms with Crippen molar-refractivity contribution in [2.24, 2.45) is 0 Å². The number of aliphatic hydroxyl groups is 1. The molecule has 33 heavy (non-hydrogen) atoms. The van der Waals surface area contributed by atoms with Crippen LogP contribution in [0.15, 0.2) is 16.9 Å². The van der Waals surface area contributed by atoms with Gasteiger partial charge in [0.1, 0.15) is 22.4 Å². The Labute approximate surface area is 201 Å². The van der Waals surface area contributed by atoms with Gasteiger partial charge < -0.3 is 25.0 Å². The van der Waals surface area contributed by atoms with Crippen molar-refractivity contribution in [1.82, 2.24) is 15.2 Å². The lowest BCUT2D eigenvalue weighted by atomic mass is 10.1. The van der Waals surface area contributed by atoms with Gasteiger partial charge in [-0.3, -0.25) is 9.59 Å². The Kier molecular flexibility index (Phi) is 8.33. The second-order valence-electron chi connectivity index (χ2n) is 7.68. The molecule has 0 radical (unpaired) electrons. The van der Waals surface area contributed by atoms with E-state index in [9.17, 15) is 27.9 Å². The zero-order valence-electron chi connectivity index (χ0n) is 17.5. The molecule has 2 aromatic rings. The van der Waals surface area contributed by atoms with Crippen LogP contribution in [0.4, 0.5) is 13.2 Å². The van der Waals surface area contributed by atoms with E-state index < -0.39 is 33.6 Å². The third kappa shape index (κ3) is 6.63. The number of hydrogen-bond donors (Lipinski definition) is 3. The number of likely N-dealkylation sites (tertiary alicyclic amines) is 1. The summed E-state index contributed by atoms with van der Waals surface area (Å²) in [5, 5.41) is 13.4. The maximum absolute atomic E-state index is 12.9. The number of aliphatic hydroxyl groups excluding tert-OH is 1. The number of piperidine rings is 1. The van der Waals surface area contributed by atoms with E-state index in [2.05, 4.69) is 5.32 Å². The number of H-pyrrole nitrogens is 1. The minimum absolute atomic E-state index is 0.0359. The lowest BCUT2D eigenvalue weighted by Crippen LogP contribution is -2.45. The number of nitrogens with one attached hydrogen (secondary N) is 2. The minimum Gasteiger partial charge on any atom is -0.490 e. The highest BCUT2D eigenvalue weighted by molar-refractivity contribution is 7.11. The fourth-order valence-electron chi connectivity index (χ4n) is 3.49. The Bertz CT molecular complexity index is 1050. The van der Waals surface area contributed by atoms with Crippen molar-refractivity contribution >= 4 is 40.4 Å². The van der Waals surface area contributed by atoms with Crippen molar-refractivity contribution in [3.63, 3.8) is 0 Å². The highest BCUT2D eigenvalue weighted by atomic mass is 35.5. The summed E-state index contributed by atoms with van der Waals surface area (Å²) in [7, 11) is 0. The van der Waals surface area contributed by atoms with Crippen LogP contribution >= 0.6 is 34.5 Å². The molecule has 0 bridgehead atoms. The molecule has 1 fully saturated rings. The molecule has 1 aliphatic rings. The lowest BCUT2D eigenvalue weighted by Gasteiger charge is -2.33. The molecule has 0 spiro atoms. The van der Waals surface area contributed by atoms with Crippen LogP contribution in [-0.4, -0.2) is 59.3 Å². The van der Waals surface area contributed by atoms with Gasteiger partial charge in [0.25, 0.3) is 5.91 Å². The Morgan fingerprint density at radius 2 is 2.03 bits per heavy atom. The molecule has 3 N–H and O–H groups in total. The van der Waals surface area contributed by atoms with Gasteiger partial charge in [-0.05, 0) is 31.9 Å². The summed E-state index contributed by atoms with van der Waals surface area (Å²) in [6.45, 7) is 3.07. The Balaban J connectivity index is 1.45. The summed E-state index contributed by atoms with van der Waals surface area (Å²) in [5.74, 6) is -0.398. The Morgan fingerprint density at radius 3 is 2.67 bits per heavy atom. The number of β-amino-alcohol motifs (C(OH)–C–C–N with tert-alkyl or cyclic N) is 1. The third-order valence-electron chi connectivity index (χ3n) is 5.22. The fraction of sp³-hybridized carbons (Fsp3) is 0.500. The van der Waals surface area contributed by atoms with Crippen LogP contribution in [0.3, 0.4) is 0 Å². The summed E-state index contributed by atoms with van der Waals surface area (Å²) in [4.78, 5) is 25.2. The maximum atomic E-state index is 12.9. The number of aromatic amines is 1. The average molecular weight is 528 g/mol. The van der Waals surface area contributed by atoms with E-state index in [-0.39, 0.29) is 30.5 Å². The molecule has 1 amide bonds. The molecule has 13 heteroatoms. The van der Waals surface area contributed by atoms with E-state index >= 15 is 0 Å². The first-order chi connectivity index (χ1) is 15.5. The third-order valence-corrected chi connectivity index (χ3v) is 7.00. The van der Waals surface area contributed by atoms with Gasteiger partial charge in [0.05, 0.1) is 16.1 Å². The molecule has 1 aromatic carbocycles. The molecule has 1 aromatic heterocycles. The number of carbonyl (C=O) groups excluding carboxylic acids is 1. The molecule has 1 aliphatic heterocycles. The molecule has 1 saturated heterocycles. The average Bonchev–Trinajstić information content (AvgIpc) is 3.16. The van der Waals surface area contributed by atoms with Gasteiger partial charge in [0, 0.05) is 31.7 Å². The summed E-state index contributed by atoms with van der Waals surface area (Å²) >= 11 is 12.3. The van der Waals surface area contributed by atoms with Gasteiger partial charge in [-0.2, -0.15) is 13.2 Å². The number of benzene rings is 1. The van der Waals surface area contributed by atoms with E-state index in [1.165, 1.54) is 0 Å². The monoisotopic (exact) mass is 527 g/mol. The van der Waals surface area contributed by atoms with Crippen molar-refractivity contribution in [1.29, 1.82) is 0 Å². The Hall–Kier alpha value is -1.79. The Morgan fingerprint density at radius 1 is 1.36 bits per heavy atom. The number of thiazole rings is 1. The second-order valence-corrected chi connectivity index (χ2v) is 9.45. The van der Waals surface area contributed by atoms with Gasteiger partial charge >= 0.3 is 11.0 Å². The number of nitrogens with zero attached hydrogens (tertiary/aromatic N) is 1. The smallest absolute Gasteiger partial charge is 0.432 e. The van der Waals surface area contributed by atoms with E-state index in [0.717, 1.165) is 5.56 Å². The van der Waals surface area contributed by atoms with E-state index in [1.807, 2.05) is 11.8 Å². The maximum Gasteiger partial charge on any atom is 0.432 e. The molecule has 1 atom stereocenters. The minimum atomic E-state index is -4.85. The second kappa shape index (κ2) is 10.6. The number of alkyl halides is 3. The van der Waals surface area contributed by atoms with Crippen LogP contribution in [0, 0.1) is 6.92 Å². The first kappa shape index (κ1) is 25.8. The lowest BCUT2D eigenvalue weighted by molar-refractivity contribution is -0.141. The first-order valence-electron chi connectivity index (χ1n) is 10.1. The zero-order chi connectivity index (χ0) is 24.3. The fourth-order valence-corrected chi connectivity index (χ4v) is 4.63. The van der Waals surface area contributed by atoms with Crippen molar-refractivity contribution < 1.29 is 27.8 Å². The topological polar surface area (TPSA) is 94.7 Å². The van der Waals surface area contributed by atoms with Crippen LogP contribution in [0.25, 0.3) is 0 Å².